The molecule has 1 saturated carbocycles. The minimum atomic E-state index is -0.484. The van der Waals surface area contributed by atoms with Gasteiger partial charge >= 0.3 is 0 Å². The summed E-state index contributed by atoms with van der Waals surface area (Å²) in [6.07, 6.45) is 4.34. The zero-order valence-corrected chi connectivity index (χ0v) is 13.1. The quantitative estimate of drug-likeness (QED) is 0.895. The third-order valence-corrected chi connectivity index (χ3v) is 4.07. The molecule has 120 valence electrons. The molecule has 3 rings (SSSR count). The van der Waals surface area contributed by atoms with E-state index in [1.165, 1.54) is 12.1 Å². The number of carbonyl (C=O) groups is 1. The SMILES string of the molecule is O=C(NC1CCCC1)c1ccc(Nc2ccc(F)c(Cl)c2)nn1. The first-order valence-electron chi connectivity index (χ1n) is 7.48. The Hall–Kier alpha value is -2.21. The average molecular weight is 335 g/mol. The van der Waals surface area contributed by atoms with Crippen molar-refractivity contribution in [3.8, 4) is 0 Å². The Balaban J connectivity index is 1.64. The molecule has 1 amide bonds. The summed E-state index contributed by atoms with van der Waals surface area (Å²) in [5, 5.41) is 13.8. The lowest BCUT2D eigenvalue weighted by molar-refractivity contribution is 0.0932. The van der Waals surface area contributed by atoms with Gasteiger partial charge in [-0.25, -0.2) is 4.39 Å². The van der Waals surface area contributed by atoms with Crippen LogP contribution in [0.15, 0.2) is 30.3 Å². The summed E-state index contributed by atoms with van der Waals surface area (Å²) in [5.74, 6) is -0.242. The van der Waals surface area contributed by atoms with E-state index in [9.17, 15) is 9.18 Å². The van der Waals surface area contributed by atoms with E-state index in [0.717, 1.165) is 25.7 Å². The van der Waals surface area contributed by atoms with E-state index < -0.39 is 5.82 Å². The van der Waals surface area contributed by atoms with E-state index in [1.807, 2.05) is 0 Å². The van der Waals surface area contributed by atoms with Gasteiger partial charge < -0.3 is 10.6 Å². The standard InChI is InChI=1S/C16H16ClFN4O/c17-12-9-11(5-6-13(12)18)19-15-8-7-14(21-22-15)16(23)20-10-3-1-2-4-10/h5-10H,1-4H2,(H,19,22)(H,20,23). The molecular formula is C16H16ClFN4O. The Bertz CT molecular complexity index is 702. The normalized spacial score (nSPS) is 14.7. The first-order chi connectivity index (χ1) is 11.1. The number of carbonyl (C=O) groups excluding carboxylic acids is 1. The highest BCUT2D eigenvalue weighted by Gasteiger charge is 2.18. The van der Waals surface area contributed by atoms with Crippen molar-refractivity contribution < 1.29 is 9.18 Å². The number of benzene rings is 1. The van der Waals surface area contributed by atoms with Crippen molar-refractivity contribution >= 4 is 29.0 Å². The molecule has 0 saturated heterocycles. The smallest absolute Gasteiger partial charge is 0.272 e. The molecule has 2 N–H and O–H groups in total. The fourth-order valence-corrected chi connectivity index (χ4v) is 2.75. The van der Waals surface area contributed by atoms with Crippen molar-refractivity contribution in [2.75, 3.05) is 5.32 Å². The number of amides is 1. The second-order valence-corrected chi connectivity index (χ2v) is 5.92. The van der Waals surface area contributed by atoms with Crippen LogP contribution in [0.4, 0.5) is 15.9 Å². The molecule has 7 heteroatoms. The fraction of sp³-hybridized carbons (Fsp3) is 0.312. The lowest BCUT2D eigenvalue weighted by Crippen LogP contribution is -2.33. The summed E-state index contributed by atoms with van der Waals surface area (Å²) in [7, 11) is 0. The van der Waals surface area contributed by atoms with Crippen molar-refractivity contribution in [2.45, 2.75) is 31.7 Å². The third kappa shape index (κ3) is 3.96. The van der Waals surface area contributed by atoms with Crippen LogP contribution in [0.25, 0.3) is 0 Å². The summed E-state index contributed by atoms with van der Waals surface area (Å²) in [6, 6.07) is 7.76. The van der Waals surface area contributed by atoms with E-state index >= 15 is 0 Å². The molecule has 23 heavy (non-hydrogen) atoms. The van der Waals surface area contributed by atoms with Gasteiger partial charge in [0.15, 0.2) is 11.5 Å². The Labute approximate surface area is 138 Å². The van der Waals surface area contributed by atoms with Gasteiger partial charge in [-0.1, -0.05) is 24.4 Å². The highest BCUT2D eigenvalue weighted by atomic mass is 35.5. The van der Waals surface area contributed by atoms with Crippen LogP contribution >= 0.6 is 11.6 Å². The molecule has 0 unspecified atom stereocenters. The van der Waals surface area contributed by atoms with Crippen LogP contribution < -0.4 is 10.6 Å². The molecule has 1 aliphatic rings. The molecule has 0 aliphatic heterocycles. The molecular weight excluding hydrogens is 319 g/mol. The summed E-state index contributed by atoms with van der Waals surface area (Å²) >= 11 is 5.72. The van der Waals surface area contributed by atoms with Crippen molar-refractivity contribution in [1.82, 2.24) is 15.5 Å². The summed E-state index contributed by atoms with van der Waals surface area (Å²) in [6.45, 7) is 0. The van der Waals surface area contributed by atoms with Gasteiger partial charge in [0, 0.05) is 11.7 Å². The van der Waals surface area contributed by atoms with Gasteiger partial charge in [0.2, 0.25) is 0 Å². The summed E-state index contributed by atoms with van der Waals surface area (Å²) in [5.41, 5.74) is 0.869. The van der Waals surface area contributed by atoms with E-state index in [4.69, 9.17) is 11.6 Å². The molecule has 0 atom stereocenters. The Morgan fingerprint density at radius 2 is 1.96 bits per heavy atom. The second kappa shape index (κ2) is 6.91. The van der Waals surface area contributed by atoms with Crippen LogP contribution in [-0.4, -0.2) is 22.1 Å². The molecule has 1 heterocycles. The number of anilines is 2. The molecule has 1 aliphatic carbocycles. The number of nitrogens with one attached hydrogen (secondary N) is 2. The van der Waals surface area contributed by atoms with Gasteiger partial charge in [-0.2, -0.15) is 0 Å². The molecule has 1 aromatic carbocycles. The molecule has 5 nitrogen and oxygen atoms in total. The van der Waals surface area contributed by atoms with E-state index in [1.54, 1.807) is 18.2 Å². The molecule has 0 spiro atoms. The van der Waals surface area contributed by atoms with Crippen molar-refractivity contribution in [3.05, 3.63) is 46.9 Å². The number of nitrogens with zero attached hydrogens (tertiary/aromatic N) is 2. The van der Waals surface area contributed by atoms with E-state index in [2.05, 4.69) is 20.8 Å². The van der Waals surface area contributed by atoms with Crippen LogP contribution in [0.1, 0.15) is 36.2 Å². The van der Waals surface area contributed by atoms with Crippen molar-refractivity contribution in [3.63, 3.8) is 0 Å². The highest BCUT2D eigenvalue weighted by Crippen LogP contribution is 2.22. The minimum Gasteiger partial charge on any atom is -0.348 e. The zero-order valence-electron chi connectivity index (χ0n) is 12.4. The van der Waals surface area contributed by atoms with Gasteiger partial charge in [-0.15, -0.1) is 10.2 Å². The monoisotopic (exact) mass is 334 g/mol. The second-order valence-electron chi connectivity index (χ2n) is 5.51. The lowest BCUT2D eigenvalue weighted by atomic mass is 10.2. The van der Waals surface area contributed by atoms with Gasteiger partial charge in [0.1, 0.15) is 5.82 Å². The van der Waals surface area contributed by atoms with E-state index in [-0.39, 0.29) is 22.7 Å². The van der Waals surface area contributed by atoms with Crippen LogP contribution in [0.3, 0.4) is 0 Å². The van der Waals surface area contributed by atoms with Crippen LogP contribution in [0, 0.1) is 5.82 Å². The topological polar surface area (TPSA) is 66.9 Å². The van der Waals surface area contributed by atoms with Gasteiger partial charge in [0.25, 0.3) is 5.91 Å². The molecule has 0 bridgehead atoms. The van der Waals surface area contributed by atoms with Gasteiger partial charge in [-0.3, -0.25) is 4.79 Å². The molecule has 2 aromatic rings. The molecule has 0 radical (unpaired) electrons. The first kappa shape index (κ1) is 15.7. The van der Waals surface area contributed by atoms with E-state index in [0.29, 0.717) is 11.5 Å². The van der Waals surface area contributed by atoms with Crippen LogP contribution in [0.5, 0.6) is 0 Å². The van der Waals surface area contributed by atoms with Crippen LogP contribution in [-0.2, 0) is 0 Å². The zero-order chi connectivity index (χ0) is 16.2. The Morgan fingerprint density at radius 3 is 2.61 bits per heavy atom. The first-order valence-corrected chi connectivity index (χ1v) is 7.86. The lowest BCUT2D eigenvalue weighted by Gasteiger charge is -2.11. The number of hydrogen-bond acceptors (Lipinski definition) is 4. The largest absolute Gasteiger partial charge is 0.348 e. The predicted octanol–water partition coefficient (Wildman–Crippen LogP) is 3.69. The minimum absolute atomic E-state index is 0.0236. The fourth-order valence-electron chi connectivity index (χ4n) is 2.57. The third-order valence-electron chi connectivity index (χ3n) is 3.78. The Kier molecular flexibility index (Phi) is 4.71. The Morgan fingerprint density at radius 1 is 1.17 bits per heavy atom. The molecule has 1 fully saturated rings. The average Bonchev–Trinajstić information content (AvgIpc) is 3.04. The number of rotatable bonds is 4. The van der Waals surface area contributed by atoms with Gasteiger partial charge in [-0.05, 0) is 43.2 Å². The number of hydrogen-bond donors (Lipinski definition) is 2. The number of aromatic nitrogens is 2. The molecule has 1 aromatic heterocycles. The van der Waals surface area contributed by atoms with Crippen LogP contribution in [0.2, 0.25) is 5.02 Å². The summed E-state index contributed by atoms with van der Waals surface area (Å²) < 4.78 is 13.1. The number of halogens is 2. The van der Waals surface area contributed by atoms with Gasteiger partial charge in [0.05, 0.1) is 5.02 Å². The van der Waals surface area contributed by atoms with Crippen molar-refractivity contribution in [1.29, 1.82) is 0 Å². The maximum atomic E-state index is 13.1. The predicted molar refractivity (Wildman–Crippen MR) is 86.4 cm³/mol. The highest BCUT2D eigenvalue weighted by molar-refractivity contribution is 6.31. The maximum Gasteiger partial charge on any atom is 0.272 e. The summed E-state index contributed by atoms with van der Waals surface area (Å²) in [4.78, 5) is 12.1. The maximum absolute atomic E-state index is 13.1. The van der Waals surface area contributed by atoms with Crippen molar-refractivity contribution in [2.24, 2.45) is 0 Å².